The summed E-state index contributed by atoms with van der Waals surface area (Å²) in [4.78, 5) is 4.51. The van der Waals surface area contributed by atoms with Crippen LogP contribution in [-0.2, 0) is 11.3 Å². The van der Waals surface area contributed by atoms with E-state index in [0.29, 0.717) is 24.4 Å². The van der Waals surface area contributed by atoms with Crippen LogP contribution in [0.1, 0.15) is 46.3 Å². The third-order valence-corrected chi connectivity index (χ3v) is 6.39. The van der Waals surface area contributed by atoms with E-state index in [1.54, 1.807) is 7.11 Å². The molecule has 1 N–H and O–H groups in total. The molecule has 1 unspecified atom stereocenters. The van der Waals surface area contributed by atoms with Gasteiger partial charge < -0.3 is 10.1 Å². The van der Waals surface area contributed by atoms with E-state index in [4.69, 9.17) is 4.74 Å². The van der Waals surface area contributed by atoms with Gasteiger partial charge in [-0.05, 0) is 34.6 Å². The largest absolute Gasteiger partial charge is 0.377 e. The lowest BCUT2D eigenvalue weighted by Gasteiger charge is -2.45. The van der Waals surface area contributed by atoms with Crippen LogP contribution in [0.2, 0.25) is 0 Å². The van der Waals surface area contributed by atoms with E-state index in [1.807, 2.05) is 0 Å². The minimum absolute atomic E-state index is 0.464. The number of hydrogen-bond acceptors (Lipinski definition) is 5. The minimum atomic E-state index is 0.464. The van der Waals surface area contributed by atoms with Gasteiger partial charge in [0.15, 0.2) is 5.82 Å². The van der Waals surface area contributed by atoms with Gasteiger partial charge in [-0.1, -0.05) is 48.5 Å². The average molecular weight is 363 g/mol. The number of ether oxygens (including phenoxy) is 1. The van der Waals surface area contributed by atoms with Crippen LogP contribution < -0.4 is 5.32 Å². The highest BCUT2D eigenvalue weighted by atomic mass is 32.1. The second-order valence-electron chi connectivity index (χ2n) is 7.11. The molecule has 5 heteroatoms. The van der Waals surface area contributed by atoms with E-state index < -0.39 is 0 Å². The molecule has 0 radical (unpaired) electrons. The monoisotopic (exact) mass is 363 g/mol. The second kappa shape index (κ2) is 6.49. The van der Waals surface area contributed by atoms with Gasteiger partial charge in [0.25, 0.3) is 0 Å². The molecule has 1 heterocycles. The van der Waals surface area contributed by atoms with E-state index >= 15 is 0 Å². The van der Waals surface area contributed by atoms with Gasteiger partial charge in [0.1, 0.15) is 6.61 Å². The second-order valence-corrected chi connectivity index (χ2v) is 7.87. The molecule has 0 fully saturated rings. The number of aromatic nitrogens is 2. The smallest absolute Gasteiger partial charge is 0.202 e. The Morgan fingerprint density at radius 1 is 1.04 bits per heavy atom. The number of rotatable bonds is 5. The number of anilines is 1. The molecule has 0 spiro atoms. The molecule has 26 heavy (non-hydrogen) atoms. The van der Waals surface area contributed by atoms with Crippen molar-refractivity contribution < 1.29 is 4.74 Å². The number of nitrogens with one attached hydrogen (secondary N) is 1. The van der Waals surface area contributed by atoms with Crippen molar-refractivity contribution in [1.29, 1.82) is 0 Å². The van der Waals surface area contributed by atoms with Crippen molar-refractivity contribution in [3.8, 4) is 0 Å². The van der Waals surface area contributed by atoms with Crippen molar-refractivity contribution in [3.05, 3.63) is 76.6 Å². The Bertz CT molecular complexity index is 891. The first-order valence-electron chi connectivity index (χ1n) is 9.08. The molecule has 0 saturated carbocycles. The van der Waals surface area contributed by atoms with Crippen LogP contribution in [0.25, 0.3) is 0 Å². The highest BCUT2D eigenvalue weighted by molar-refractivity contribution is 7.09. The van der Waals surface area contributed by atoms with Crippen molar-refractivity contribution >= 4 is 16.7 Å². The Labute approximate surface area is 157 Å². The standard InChI is InChI=1S/C21H21N3OS/c1-25-12-19-23-21(26-24-19)22-11-13-10-18-14-6-2-4-8-16(14)20(13)17-9-5-3-7-15(17)18/h2-9,13,18,20H,10-12H2,1H3,(H,22,23,24). The summed E-state index contributed by atoms with van der Waals surface area (Å²) >= 11 is 1.42. The summed E-state index contributed by atoms with van der Waals surface area (Å²) in [5.74, 6) is 2.30. The zero-order valence-corrected chi connectivity index (χ0v) is 15.5. The average Bonchev–Trinajstić information content (AvgIpc) is 3.14. The van der Waals surface area contributed by atoms with Gasteiger partial charge in [0, 0.05) is 37.0 Å². The molecule has 3 aliphatic rings. The van der Waals surface area contributed by atoms with Gasteiger partial charge in [-0.2, -0.15) is 4.37 Å². The van der Waals surface area contributed by atoms with Gasteiger partial charge in [-0.3, -0.25) is 0 Å². The zero-order chi connectivity index (χ0) is 17.5. The summed E-state index contributed by atoms with van der Waals surface area (Å²) in [5, 5.41) is 4.42. The Morgan fingerprint density at radius 3 is 2.35 bits per heavy atom. The molecule has 3 aliphatic carbocycles. The molecule has 1 atom stereocenters. The first kappa shape index (κ1) is 16.0. The van der Waals surface area contributed by atoms with Crippen molar-refractivity contribution in [2.75, 3.05) is 19.0 Å². The summed E-state index contributed by atoms with van der Waals surface area (Å²) in [7, 11) is 1.67. The maximum absolute atomic E-state index is 5.11. The normalized spacial score (nSPS) is 22.7. The fourth-order valence-electron chi connectivity index (χ4n) is 4.69. The molecule has 2 bridgehead atoms. The van der Waals surface area contributed by atoms with Gasteiger partial charge in [0.2, 0.25) is 5.13 Å². The fourth-order valence-corrected chi connectivity index (χ4v) is 5.27. The van der Waals surface area contributed by atoms with E-state index in [-0.39, 0.29) is 0 Å². The quantitative estimate of drug-likeness (QED) is 0.730. The van der Waals surface area contributed by atoms with Crippen LogP contribution in [-0.4, -0.2) is 23.0 Å². The molecule has 132 valence electrons. The molecule has 3 aromatic rings. The van der Waals surface area contributed by atoms with Crippen LogP contribution in [0.15, 0.2) is 48.5 Å². The molecule has 2 aromatic carbocycles. The molecule has 1 aromatic heterocycles. The van der Waals surface area contributed by atoms with Crippen molar-refractivity contribution in [1.82, 2.24) is 9.36 Å². The summed E-state index contributed by atoms with van der Waals surface area (Å²) < 4.78 is 9.44. The van der Waals surface area contributed by atoms with E-state index in [2.05, 4.69) is 63.2 Å². The first-order valence-corrected chi connectivity index (χ1v) is 9.85. The molecular formula is C21H21N3OS. The molecule has 0 amide bonds. The van der Waals surface area contributed by atoms with Gasteiger partial charge in [0.05, 0.1) is 0 Å². The summed E-state index contributed by atoms with van der Waals surface area (Å²) in [6.07, 6.45) is 1.19. The predicted molar refractivity (Wildman–Crippen MR) is 104 cm³/mol. The highest BCUT2D eigenvalue weighted by Crippen LogP contribution is 2.55. The molecule has 6 rings (SSSR count). The summed E-state index contributed by atoms with van der Waals surface area (Å²) in [5.41, 5.74) is 6.05. The van der Waals surface area contributed by atoms with Crippen molar-refractivity contribution in [2.24, 2.45) is 5.92 Å². The SMILES string of the molecule is COCc1nsc(NCC2CC3c4ccccc4C2c2ccccc23)n1. The Hall–Kier alpha value is -2.24. The number of hydrogen-bond donors (Lipinski definition) is 1. The predicted octanol–water partition coefficient (Wildman–Crippen LogP) is 4.39. The van der Waals surface area contributed by atoms with Gasteiger partial charge in [-0.15, -0.1) is 0 Å². The topological polar surface area (TPSA) is 47.0 Å². The Kier molecular flexibility index (Phi) is 3.98. The van der Waals surface area contributed by atoms with E-state index in [0.717, 1.165) is 17.5 Å². The number of benzene rings is 2. The van der Waals surface area contributed by atoms with Gasteiger partial charge in [-0.25, -0.2) is 4.98 Å². The van der Waals surface area contributed by atoms with Crippen LogP contribution in [0.3, 0.4) is 0 Å². The van der Waals surface area contributed by atoms with Crippen LogP contribution in [0, 0.1) is 5.92 Å². The van der Waals surface area contributed by atoms with Gasteiger partial charge >= 0.3 is 0 Å². The maximum Gasteiger partial charge on any atom is 0.202 e. The fraction of sp³-hybridized carbons (Fsp3) is 0.333. The Balaban J connectivity index is 1.43. The molecule has 0 aliphatic heterocycles. The van der Waals surface area contributed by atoms with Crippen LogP contribution >= 0.6 is 11.5 Å². The van der Waals surface area contributed by atoms with E-state index in [1.165, 1.54) is 40.2 Å². The third-order valence-electron chi connectivity index (χ3n) is 5.68. The third kappa shape index (κ3) is 2.54. The number of methoxy groups -OCH3 is 1. The zero-order valence-electron chi connectivity index (χ0n) is 14.7. The lowest BCUT2D eigenvalue weighted by molar-refractivity contribution is 0.179. The molecular weight excluding hydrogens is 342 g/mol. The molecule has 0 saturated heterocycles. The van der Waals surface area contributed by atoms with Crippen molar-refractivity contribution in [2.45, 2.75) is 24.9 Å². The maximum atomic E-state index is 5.11. The lowest BCUT2D eigenvalue weighted by Crippen LogP contribution is -2.35. The molecule has 4 nitrogen and oxygen atoms in total. The first-order chi connectivity index (χ1) is 12.8. The van der Waals surface area contributed by atoms with Crippen molar-refractivity contribution in [3.63, 3.8) is 0 Å². The van der Waals surface area contributed by atoms with Crippen LogP contribution in [0.5, 0.6) is 0 Å². The lowest BCUT2D eigenvalue weighted by atomic mass is 9.59. The van der Waals surface area contributed by atoms with Crippen LogP contribution in [0.4, 0.5) is 5.13 Å². The van der Waals surface area contributed by atoms with E-state index in [9.17, 15) is 0 Å². The summed E-state index contributed by atoms with van der Waals surface area (Å²) in [6.45, 7) is 1.39. The number of nitrogens with zero attached hydrogens (tertiary/aromatic N) is 2. The minimum Gasteiger partial charge on any atom is -0.377 e. The summed E-state index contributed by atoms with van der Waals surface area (Å²) in [6, 6.07) is 18.0. The highest BCUT2D eigenvalue weighted by Gasteiger charge is 2.42. The Morgan fingerprint density at radius 2 is 1.69 bits per heavy atom. The number of fused-ring (bicyclic) bond motifs is 1.